The van der Waals surface area contributed by atoms with Crippen LogP contribution in [0.5, 0.6) is 0 Å². The molecule has 0 aliphatic carbocycles. The van der Waals surface area contributed by atoms with E-state index in [-0.39, 0.29) is 0 Å². The lowest BCUT2D eigenvalue weighted by Crippen LogP contribution is -2.14. The molecule has 4 nitrogen and oxygen atoms in total. The summed E-state index contributed by atoms with van der Waals surface area (Å²) in [5.41, 5.74) is 7.33. The number of carbonyl (C=O) groups excluding carboxylic acids is 1. The average molecular weight is 216 g/mol. The van der Waals surface area contributed by atoms with E-state index < -0.39 is 5.91 Å². The lowest BCUT2D eigenvalue weighted by Gasteiger charge is -1.98. The lowest BCUT2D eigenvalue weighted by atomic mass is 10.1. The van der Waals surface area contributed by atoms with Gasteiger partial charge in [-0.05, 0) is 12.5 Å². The number of hydrogen-bond acceptors (Lipinski definition) is 3. The second kappa shape index (κ2) is 4.18. The van der Waals surface area contributed by atoms with Gasteiger partial charge in [-0.2, -0.15) is 0 Å². The van der Waals surface area contributed by atoms with Crippen LogP contribution < -0.4 is 5.73 Å². The Labute approximate surface area is 93.1 Å². The third-order valence-electron chi connectivity index (χ3n) is 2.39. The highest BCUT2D eigenvalue weighted by Gasteiger charge is 2.17. The topological polar surface area (TPSA) is 69.1 Å². The molecule has 0 fully saturated rings. The van der Waals surface area contributed by atoms with Crippen molar-refractivity contribution in [2.24, 2.45) is 5.73 Å². The molecule has 0 bridgehead atoms. The van der Waals surface area contributed by atoms with Crippen LogP contribution in [0.3, 0.4) is 0 Å². The number of primary amides is 1. The van der Waals surface area contributed by atoms with E-state index in [9.17, 15) is 4.79 Å². The maximum atomic E-state index is 11.2. The van der Waals surface area contributed by atoms with Gasteiger partial charge in [0.05, 0.1) is 0 Å². The maximum absolute atomic E-state index is 11.2. The van der Waals surface area contributed by atoms with Gasteiger partial charge in [0.15, 0.2) is 0 Å². The number of aryl methyl sites for hydroxylation is 1. The van der Waals surface area contributed by atoms with E-state index in [1.54, 1.807) is 6.92 Å². The molecular weight excluding hydrogens is 204 g/mol. The minimum absolute atomic E-state index is 0.392. The van der Waals surface area contributed by atoms with Gasteiger partial charge in [0.1, 0.15) is 17.0 Å². The zero-order chi connectivity index (χ0) is 11.5. The number of benzene rings is 1. The Morgan fingerprint density at radius 1 is 1.38 bits per heavy atom. The highest BCUT2D eigenvalue weighted by Crippen LogP contribution is 2.16. The van der Waals surface area contributed by atoms with Gasteiger partial charge in [-0.3, -0.25) is 4.79 Å². The fraction of sp³-hybridized carbons (Fsp3) is 0.167. The van der Waals surface area contributed by atoms with Gasteiger partial charge >= 0.3 is 0 Å². The van der Waals surface area contributed by atoms with Gasteiger partial charge in [-0.1, -0.05) is 35.5 Å². The number of rotatable bonds is 3. The van der Waals surface area contributed by atoms with Crippen LogP contribution in [0, 0.1) is 6.92 Å². The number of nitrogens with zero attached hydrogens (tertiary/aromatic N) is 1. The Morgan fingerprint density at radius 2 is 2.06 bits per heavy atom. The van der Waals surface area contributed by atoms with Gasteiger partial charge in [0, 0.05) is 6.42 Å². The molecule has 2 N–H and O–H groups in total. The zero-order valence-corrected chi connectivity index (χ0v) is 8.93. The van der Waals surface area contributed by atoms with Gasteiger partial charge in [0.2, 0.25) is 0 Å². The monoisotopic (exact) mass is 216 g/mol. The SMILES string of the molecule is Cc1onc(Cc2ccccc2)c1C(N)=O. The zero-order valence-electron chi connectivity index (χ0n) is 8.93. The Balaban J connectivity index is 2.32. The second-order valence-electron chi connectivity index (χ2n) is 3.59. The van der Waals surface area contributed by atoms with Gasteiger partial charge < -0.3 is 10.3 Å². The summed E-state index contributed by atoms with van der Waals surface area (Å²) in [5.74, 6) is -0.0249. The Morgan fingerprint density at radius 3 is 2.69 bits per heavy atom. The molecule has 0 unspecified atom stereocenters. The third-order valence-corrected chi connectivity index (χ3v) is 2.39. The summed E-state index contributed by atoms with van der Waals surface area (Å²) in [4.78, 5) is 11.2. The highest BCUT2D eigenvalue weighted by molar-refractivity contribution is 5.94. The normalized spacial score (nSPS) is 10.3. The van der Waals surface area contributed by atoms with Crippen LogP contribution in [0.2, 0.25) is 0 Å². The summed E-state index contributed by atoms with van der Waals surface area (Å²) in [5, 5.41) is 3.86. The second-order valence-corrected chi connectivity index (χ2v) is 3.59. The quantitative estimate of drug-likeness (QED) is 0.848. The first-order chi connectivity index (χ1) is 7.68. The summed E-state index contributed by atoms with van der Waals surface area (Å²) in [6.45, 7) is 1.68. The van der Waals surface area contributed by atoms with Crippen LogP contribution in [0.1, 0.15) is 27.4 Å². The van der Waals surface area contributed by atoms with Crippen LogP contribution in [-0.4, -0.2) is 11.1 Å². The van der Waals surface area contributed by atoms with E-state index in [0.717, 1.165) is 5.56 Å². The summed E-state index contributed by atoms with van der Waals surface area (Å²) in [7, 11) is 0. The molecule has 16 heavy (non-hydrogen) atoms. The molecule has 0 aliphatic rings. The first-order valence-corrected chi connectivity index (χ1v) is 4.97. The molecule has 82 valence electrons. The van der Waals surface area contributed by atoms with Crippen molar-refractivity contribution in [2.75, 3.05) is 0 Å². The molecule has 0 spiro atoms. The smallest absolute Gasteiger partial charge is 0.254 e. The van der Waals surface area contributed by atoms with Crippen molar-refractivity contribution < 1.29 is 9.32 Å². The maximum Gasteiger partial charge on any atom is 0.254 e. The molecular formula is C12H12N2O2. The summed E-state index contributed by atoms with van der Waals surface area (Å²) in [6.07, 6.45) is 0.552. The first kappa shape index (κ1) is 10.4. The van der Waals surface area contributed by atoms with Crippen LogP contribution in [0.25, 0.3) is 0 Å². The van der Waals surface area contributed by atoms with Crippen molar-refractivity contribution >= 4 is 5.91 Å². The molecule has 0 saturated carbocycles. The predicted molar refractivity (Wildman–Crippen MR) is 59.0 cm³/mol. The molecule has 1 aromatic heterocycles. The highest BCUT2D eigenvalue weighted by atomic mass is 16.5. The number of aromatic nitrogens is 1. The molecule has 2 aromatic rings. The van der Waals surface area contributed by atoms with Crippen molar-refractivity contribution in [3.8, 4) is 0 Å². The molecule has 2 rings (SSSR count). The standard InChI is InChI=1S/C12H12N2O2/c1-8-11(12(13)15)10(14-16-8)7-9-5-3-2-4-6-9/h2-6H,7H2,1H3,(H2,13,15). The van der Waals surface area contributed by atoms with Crippen molar-refractivity contribution in [1.82, 2.24) is 5.16 Å². The van der Waals surface area contributed by atoms with E-state index in [0.29, 0.717) is 23.4 Å². The van der Waals surface area contributed by atoms with Crippen LogP contribution in [0.15, 0.2) is 34.9 Å². The largest absolute Gasteiger partial charge is 0.365 e. The van der Waals surface area contributed by atoms with Crippen molar-refractivity contribution in [2.45, 2.75) is 13.3 Å². The lowest BCUT2D eigenvalue weighted by molar-refractivity contribution is 0.0998. The Hall–Kier alpha value is -2.10. The minimum atomic E-state index is -0.496. The third kappa shape index (κ3) is 1.95. The molecule has 1 heterocycles. The number of carbonyl (C=O) groups is 1. The van der Waals surface area contributed by atoms with E-state index in [1.165, 1.54) is 0 Å². The van der Waals surface area contributed by atoms with Crippen LogP contribution in [-0.2, 0) is 6.42 Å². The van der Waals surface area contributed by atoms with Crippen LogP contribution >= 0.6 is 0 Å². The summed E-state index contributed by atoms with van der Waals surface area (Å²) >= 11 is 0. The first-order valence-electron chi connectivity index (χ1n) is 4.97. The van der Waals surface area contributed by atoms with Gasteiger partial charge in [-0.25, -0.2) is 0 Å². The van der Waals surface area contributed by atoms with E-state index in [4.69, 9.17) is 10.3 Å². The fourth-order valence-electron chi connectivity index (χ4n) is 1.64. The predicted octanol–water partition coefficient (Wildman–Crippen LogP) is 1.67. The van der Waals surface area contributed by atoms with E-state index >= 15 is 0 Å². The van der Waals surface area contributed by atoms with E-state index in [2.05, 4.69) is 5.16 Å². The fourth-order valence-corrected chi connectivity index (χ4v) is 1.64. The molecule has 1 amide bonds. The minimum Gasteiger partial charge on any atom is -0.365 e. The number of amides is 1. The molecule has 0 aliphatic heterocycles. The summed E-state index contributed by atoms with van der Waals surface area (Å²) < 4.78 is 4.98. The van der Waals surface area contributed by atoms with E-state index in [1.807, 2.05) is 30.3 Å². The molecule has 1 aromatic carbocycles. The summed E-state index contributed by atoms with van der Waals surface area (Å²) in [6, 6.07) is 9.74. The van der Waals surface area contributed by atoms with Crippen molar-refractivity contribution in [1.29, 1.82) is 0 Å². The molecule has 0 saturated heterocycles. The van der Waals surface area contributed by atoms with Gasteiger partial charge in [0.25, 0.3) is 5.91 Å². The number of nitrogens with two attached hydrogens (primary N) is 1. The Kier molecular flexibility index (Phi) is 2.72. The Bertz CT molecular complexity index is 503. The van der Waals surface area contributed by atoms with Crippen molar-refractivity contribution in [3.63, 3.8) is 0 Å². The molecule has 4 heteroatoms. The number of hydrogen-bond donors (Lipinski definition) is 1. The average Bonchev–Trinajstić information content (AvgIpc) is 2.61. The molecule has 0 atom stereocenters. The van der Waals surface area contributed by atoms with Crippen molar-refractivity contribution in [3.05, 3.63) is 52.9 Å². The molecule has 0 radical (unpaired) electrons. The van der Waals surface area contributed by atoms with Crippen LogP contribution in [0.4, 0.5) is 0 Å². The van der Waals surface area contributed by atoms with Gasteiger partial charge in [-0.15, -0.1) is 0 Å².